The van der Waals surface area contributed by atoms with Crippen LogP contribution in [0.25, 0.3) is 0 Å². The topological polar surface area (TPSA) is 84.3 Å². The van der Waals surface area contributed by atoms with Crippen molar-refractivity contribution in [1.82, 2.24) is 15.3 Å². The van der Waals surface area contributed by atoms with Gasteiger partial charge in [-0.25, -0.2) is 4.79 Å². The van der Waals surface area contributed by atoms with Gasteiger partial charge < -0.3 is 15.2 Å². The molecule has 0 spiro atoms. The fourth-order valence-corrected chi connectivity index (χ4v) is 5.33. The van der Waals surface area contributed by atoms with E-state index in [-0.39, 0.29) is 18.4 Å². The van der Waals surface area contributed by atoms with Gasteiger partial charge in [-0.2, -0.15) is 0 Å². The maximum atomic E-state index is 13.5. The van der Waals surface area contributed by atoms with Crippen molar-refractivity contribution >= 4 is 5.97 Å². The minimum atomic E-state index is -1.61. The summed E-state index contributed by atoms with van der Waals surface area (Å²) in [5.41, 5.74) is -0.130. The van der Waals surface area contributed by atoms with Crippen LogP contribution in [-0.2, 0) is 15.1 Å². The molecule has 2 aliphatic rings. The van der Waals surface area contributed by atoms with Crippen molar-refractivity contribution in [3.05, 3.63) is 60.2 Å². The molecule has 32 heavy (non-hydrogen) atoms. The molecule has 4 rings (SSSR count). The van der Waals surface area contributed by atoms with Crippen LogP contribution >= 0.6 is 0 Å². The van der Waals surface area contributed by atoms with Crippen molar-refractivity contribution in [2.45, 2.75) is 62.9 Å². The highest BCUT2D eigenvalue weighted by Gasteiger charge is 2.47. The summed E-state index contributed by atoms with van der Waals surface area (Å²) in [4.78, 5) is 22.2. The lowest BCUT2D eigenvalue weighted by Crippen LogP contribution is -2.45. The van der Waals surface area contributed by atoms with Gasteiger partial charge >= 0.3 is 5.97 Å². The van der Waals surface area contributed by atoms with E-state index in [1.807, 2.05) is 30.3 Å². The summed E-state index contributed by atoms with van der Waals surface area (Å²) in [6.45, 7) is 2.25. The number of hydrogen-bond donors (Lipinski definition) is 2. The second-order valence-electron chi connectivity index (χ2n) is 9.32. The molecule has 0 bridgehead atoms. The zero-order valence-electron chi connectivity index (χ0n) is 18.8. The number of piperidine rings is 1. The molecule has 2 aromatic rings. The van der Waals surface area contributed by atoms with Crippen LogP contribution in [0.15, 0.2) is 48.9 Å². The Balaban J connectivity index is 1.51. The third kappa shape index (κ3) is 5.36. The van der Waals surface area contributed by atoms with E-state index in [0.29, 0.717) is 11.5 Å². The number of nitrogens with one attached hydrogen (secondary N) is 1. The van der Waals surface area contributed by atoms with Gasteiger partial charge in [-0.3, -0.25) is 9.97 Å². The number of nitrogens with zero attached hydrogens (tertiary/aromatic N) is 2. The van der Waals surface area contributed by atoms with E-state index in [2.05, 4.69) is 15.3 Å². The number of ether oxygens (including phenoxy) is 1. The highest BCUT2D eigenvalue weighted by molar-refractivity contribution is 5.81. The van der Waals surface area contributed by atoms with Gasteiger partial charge in [0, 0.05) is 30.4 Å². The second-order valence-corrected chi connectivity index (χ2v) is 9.32. The Bertz CT molecular complexity index is 836. The van der Waals surface area contributed by atoms with E-state index >= 15 is 0 Å². The maximum Gasteiger partial charge on any atom is 0.343 e. The Morgan fingerprint density at radius 2 is 1.84 bits per heavy atom. The number of hydrogen-bond acceptors (Lipinski definition) is 6. The van der Waals surface area contributed by atoms with Crippen molar-refractivity contribution in [3.63, 3.8) is 0 Å². The SMILES string of the molecule is O=C(OCC(CC1CCNCC1)c1cnccn1)C(O)(c1ccccc1)C1CCCCC1. The van der Waals surface area contributed by atoms with Crippen molar-refractivity contribution in [2.75, 3.05) is 19.7 Å². The second kappa shape index (κ2) is 11.0. The van der Waals surface area contributed by atoms with E-state index < -0.39 is 11.6 Å². The van der Waals surface area contributed by atoms with Crippen LogP contribution in [0.4, 0.5) is 0 Å². The summed E-state index contributed by atoms with van der Waals surface area (Å²) in [7, 11) is 0. The lowest BCUT2D eigenvalue weighted by Gasteiger charge is -2.37. The van der Waals surface area contributed by atoms with Crippen LogP contribution in [0.3, 0.4) is 0 Å². The molecule has 2 unspecified atom stereocenters. The minimum absolute atomic E-state index is 0.0258. The molecule has 1 aromatic heterocycles. The normalized spacial score (nSPS) is 20.9. The number of rotatable bonds is 8. The van der Waals surface area contributed by atoms with Crippen molar-refractivity contribution in [2.24, 2.45) is 11.8 Å². The van der Waals surface area contributed by atoms with Crippen LogP contribution in [0.1, 0.15) is 68.5 Å². The van der Waals surface area contributed by atoms with E-state index in [9.17, 15) is 9.90 Å². The van der Waals surface area contributed by atoms with E-state index in [0.717, 1.165) is 70.2 Å². The van der Waals surface area contributed by atoms with E-state index in [1.165, 1.54) is 0 Å². The lowest BCUT2D eigenvalue weighted by molar-refractivity contribution is -0.176. The van der Waals surface area contributed by atoms with Crippen LogP contribution in [0, 0.1) is 11.8 Å². The van der Waals surface area contributed by atoms with Crippen molar-refractivity contribution in [1.29, 1.82) is 0 Å². The molecule has 6 heteroatoms. The largest absolute Gasteiger partial charge is 0.463 e. The standard InChI is InChI=1S/C26H35N3O3/c30-25(26(31,22-7-3-1-4-8-22)23-9-5-2-6-10-23)32-19-21(24-18-28-15-16-29-24)17-20-11-13-27-14-12-20/h1,3-4,7-8,15-16,18,20-21,23,27,31H,2,5-6,9-14,17,19H2. The average Bonchev–Trinajstić information content (AvgIpc) is 2.88. The summed E-state index contributed by atoms with van der Waals surface area (Å²) in [5, 5.41) is 15.2. The molecule has 0 amide bonds. The predicted molar refractivity (Wildman–Crippen MR) is 123 cm³/mol. The summed E-state index contributed by atoms with van der Waals surface area (Å²) >= 11 is 0. The van der Waals surface area contributed by atoms with E-state index in [4.69, 9.17) is 4.74 Å². The van der Waals surface area contributed by atoms with E-state index in [1.54, 1.807) is 18.6 Å². The molecule has 6 nitrogen and oxygen atoms in total. The molecule has 2 N–H and O–H groups in total. The molecule has 2 fully saturated rings. The lowest BCUT2D eigenvalue weighted by atomic mass is 9.73. The monoisotopic (exact) mass is 437 g/mol. The summed E-state index contributed by atoms with van der Waals surface area (Å²) in [6.07, 6.45) is 13.1. The third-order valence-electron chi connectivity index (χ3n) is 7.21. The average molecular weight is 438 g/mol. The molecule has 1 saturated heterocycles. The first kappa shape index (κ1) is 22.9. The Labute approximate surface area is 190 Å². The predicted octanol–water partition coefficient (Wildman–Crippen LogP) is 3.96. The molecule has 0 radical (unpaired) electrons. The molecule has 1 aromatic carbocycles. The Morgan fingerprint density at radius 1 is 1.09 bits per heavy atom. The minimum Gasteiger partial charge on any atom is -0.463 e. The summed E-state index contributed by atoms with van der Waals surface area (Å²) < 4.78 is 5.90. The molecule has 2 heterocycles. The van der Waals surface area contributed by atoms with Gasteiger partial charge in [-0.15, -0.1) is 0 Å². The Kier molecular flexibility index (Phi) is 7.87. The Hall–Kier alpha value is -2.31. The number of carbonyl (C=O) groups is 1. The molecule has 1 saturated carbocycles. The van der Waals surface area contributed by atoms with Gasteiger partial charge in [0.15, 0.2) is 5.60 Å². The molecular formula is C26H35N3O3. The number of carbonyl (C=O) groups excluding carboxylic acids is 1. The fraction of sp³-hybridized carbons (Fsp3) is 0.577. The first-order chi connectivity index (χ1) is 15.7. The molecule has 2 atom stereocenters. The van der Waals surface area contributed by atoms with Gasteiger partial charge in [0.1, 0.15) is 0 Å². The highest BCUT2D eigenvalue weighted by atomic mass is 16.5. The van der Waals surface area contributed by atoms with Crippen LogP contribution in [0.5, 0.6) is 0 Å². The van der Waals surface area contributed by atoms with Crippen molar-refractivity contribution in [3.8, 4) is 0 Å². The highest BCUT2D eigenvalue weighted by Crippen LogP contribution is 2.40. The molecule has 1 aliphatic carbocycles. The number of aliphatic hydroxyl groups is 1. The number of aromatic nitrogens is 2. The van der Waals surface area contributed by atoms with Crippen LogP contribution in [-0.4, -0.2) is 40.7 Å². The van der Waals surface area contributed by atoms with Gasteiger partial charge in [-0.1, -0.05) is 49.6 Å². The third-order valence-corrected chi connectivity index (χ3v) is 7.21. The Morgan fingerprint density at radius 3 is 2.53 bits per heavy atom. The first-order valence-corrected chi connectivity index (χ1v) is 12.1. The van der Waals surface area contributed by atoms with Gasteiger partial charge in [0.25, 0.3) is 0 Å². The van der Waals surface area contributed by atoms with Crippen molar-refractivity contribution < 1.29 is 14.6 Å². The van der Waals surface area contributed by atoms with Gasteiger partial charge in [0.2, 0.25) is 0 Å². The molecule has 1 aliphatic heterocycles. The number of esters is 1. The maximum absolute atomic E-state index is 13.5. The smallest absolute Gasteiger partial charge is 0.343 e. The molecule has 172 valence electrons. The first-order valence-electron chi connectivity index (χ1n) is 12.1. The van der Waals surface area contributed by atoms with Crippen LogP contribution in [0.2, 0.25) is 0 Å². The summed E-state index contributed by atoms with van der Waals surface area (Å²) in [5.74, 6) is -0.115. The summed E-state index contributed by atoms with van der Waals surface area (Å²) in [6, 6.07) is 9.32. The van der Waals surface area contributed by atoms with Gasteiger partial charge in [-0.05, 0) is 56.7 Å². The zero-order chi connectivity index (χ0) is 22.2. The van der Waals surface area contributed by atoms with Gasteiger partial charge in [0.05, 0.1) is 12.3 Å². The molecular weight excluding hydrogens is 402 g/mol. The van der Waals surface area contributed by atoms with Crippen LogP contribution < -0.4 is 5.32 Å². The number of benzene rings is 1. The quantitative estimate of drug-likeness (QED) is 0.608. The zero-order valence-corrected chi connectivity index (χ0v) is 18.8. The fourth-order valence-electron chi connectivity index (χ4n) is 5.33.